The van der Waals surface area contributed by atoms with Crippen LogP contribution in [0.5, 0.6) is 0 Å². The average Bonchev–Trinajstić information content (AvgIpc) is 2.61. The predicted octanol–water partition coefficient (Wildman–Crippen LogP) is 3.09. The molecule has 1 aliphatic carbocycles. The van der Waals surface area contributed by atoms with Crippen molar-refractivity contribution in [1.29, 1.82) is 0 Å². The van der Waals surface area contributed by atoms with Gasteiger partial charge in [-0.2, -0.15) is 0 Å². The summed E-state index contributed by atoms with van der Waals surface area (Å²) in [4.78, 5) is 23.7. The molecule has 0 fully saturated rings. The van der Waals surface area contributed by atoms with E-state index in [-0.39, 0.29) is 5.91 Å². The van der Waals surface area contributed by atoms with Crippen LogP contribution in [0.1, 0.15) is 36.5 Å². The normalized spacial score (nSPS) is 18.9. The largest absolute Gasteiger partial charge is 0.351 e. The van der Waals surface area contributed by atoms with E-state index in [0.717, 1.165) is 30.4 Å². The topological polar surface area (TPSA) is 84.2 Å². The van der Waals surface area contributed by atoms with Gasteiger partial charge in [0.15, 0.2) is 0 Å². The number of hydrogen-bond acceptors (Lipinski definition) is 2. The zero-order chi connectivity index (χ0) is 17.9. The maximum Gasteiger partial charge on any atom is 0.316 e. The monoisotopic (exact) mass is 337 g/mol. The number of nitrogens with two attached hydrogens (primary N) is 1. The van der Waals surface area contributed by atoms with Crippen LogP contribution in [-0.2, 0) is 23.2 Å². The molecule has 4 N–H and O–H groups in total. The summed E-state index contributed by atoms with van der Waals surface area (Å²) >= 11 is 0. The summed E-state index contributed by atoms with van der Waals surface area (Å²) in [5.41, 5.74) is 8.62. The predicted molar refractivity (Wildman–Crippen MR) is 98.2 cm³/mol. The number of hydrogen-bond donors (Lipinski definition) is 3. The molecule has 5 nitrogen and oxygen atoms in total. The van der Waals surface area contributed by atoms with E-state index in [1.807, 2.05) is 31.2 Å². The van der Waals surface area contributed by atoms with Crippen molar-refractivity contribution in [2.45, 2.75) is 38.1 Å². The second-order valence-electron chi connectivity index (χ2n) is 6.71. The third-order valence-electron chi connectivity index (χ3n) is 4.91. The molecule has 25 heavy (non-hydrogen) atoms. The molecule has 1 atom stereocenters. The Balaban J connectivity index is 1.68. The van der Waals surface area contributed by atoms with Crippen molar-refractivity contribution < 1.29 is 9.59 Å². The van der Waals surface area contributed by atoms with Crippen molar-refractivity contribution in [2.75, 3.05) is 5.32 Å². The summed E-state index contributed by atoms with van der Waals surface area (Å²) in [5.74, 6) is 0.0546. The molecule has 0 radical (unpaired) electrons. The van der Waals surface area contributed by atoms with Crippen molar-refractivity contribution in [2.24, 2.45) is 5.73 Å². The van der Waals surface area contributed by atoms with Gasteiger partial charge < -0.3 is 16.4 Å². The standard InChI is InChI=1S/C20H23N3O2/c1-20(12-4-6-15-5-2-3-7-17(15)20)18(24)22-13-14-8-10-16(11-9-14)23-19(21)25/h2-3,5,7-11H,4,6,12-13H2,1H3,(H,22,24)(H3,21,23,25)/t20-/m0/s1. The number of primary amides is 1. The first-order chi connectivity index (χ1) is 12.0. The second kappa shape index (κ2) is 6.97. The van der Waals surface area contributed by atoms with Crippen LogP contribution in [0, 0.1) is 0 Å². The van der Waals surface area contributed by atoms with E-state index >= 15 is 0 Å². The number of rotatable bonds is 4. The van der Waals surface area contributed by atoms with Crippen LogP contribution >= 0.6 is 0 Å². The van der Waals surface area contributed by atoms with Gasteiger partial charge in [0.05, 0.1) is 5.41 Å². The van der Waals surface area contributed by atoms with Crippen molar-refractivity contribution in [3.63, 3.8) is 0 Å². The molecule has 130 valence electrons. The highest BCUT2D eigenvalue weighted by atomic mass is 16.2. The van der Waals surface area contributed by atoms with Crippen LogP contribution in [0.25, 0.3) is 0 Å². The fourth-order valence-corrected chi connectivity index (χ4v) is 3.51. The Morgan fingerprint density at radius 3 is 2.56 bits per heavy atom. The summed E-state index contributed by atoms with van der Waals surface area (Å²) in [6, 6.07) is 14.9. The summed E-state index contributed by atoms with van der Waals surface area (Å²) in [5, 5.41) is 5.58. The molecule has 2 aromatic rings. The molecular formula is C20H23N3O2. The number of carbonyl (C=O) groups excluding carboxylic acids is 2. The fourth-order valence-electron chi connectivity index (χ4n) is 3.51. The number of aryl methyl sites for hydroxylation is 1. The SMILES string of the molecule is C[C@]1(C(=O)NCc2ccc(NC(N)=O)cc2)CCCc2ccccc21. The molecular weight excluding hydrogens is 314 g/mol. The molecule has 0 aliphatic heterocycles. The maximum atomic E-state index is 12.9. The van der Waals surface area contributed by atoms with Crippen LogP contribution in [-0.4, -0.2) is 11.9 Å². The average molecular weight is 337 g/mol. The van der Waals surface area contributed by atoms with Gasteiger partial charge in [-0.25, -0.2) is 4.79 Å². The van der Waals surface area contributed by atoms with Crippen LogP contribution in [0.3, 0.4) is 0 Å². The number of carbonyl (C=O) groups is 2. The third-order valence-corrected chi connectivity index (χ3v) is 4.91. The molecule has 3 amide bonds. The first kappa shape index (κ1) is 17.0. The van der Waals surface area contributed by atoms with E-state index in [4.69, 9.17) is 5.73 Å². The van der Waals surface area contributed by atoms with Gasteiger partial charge in [0.25, 0.3) is 0 Å². The second-order valence-corrected chi connectivity index (χ2v) is 6.71. The highest BCUT2D eigenvalue weighted by molar-refractivity contribution is 5.89. The minimum atomic E-state index is -0.593. The molecule has 0 saturated carbocycles. The van der Waals surface area contributed by atoms with Gasteiger partial charge >= 0.3 is 6.03 Å². The number of amides is 3. The van der Waals surface area contributed by atoms with Crippen LogP contribution < -0.4 is 16.4 Å². The zero-order valence-corrected chi connectivity index (χ0v) is 14.3. The smallest absolute Gasteiger partial charge is 0.316 e. The van der Waals surface area contributed by atoms with Gasteiger partial charge in [0.1, 0.15) is 0 Å². The molecule has 5 heteroatoms. The minimum absolute atomic E-state index is 0.0546. The molecule has 3 rings (SSSR count). The Labute approximate surface area is 147 Å². The van der Waals surface area contributed by atoms with E-state index in [0.29, 0.717) is 12.2 Å². The van der Waals surface area contributed by atoms with Crippen LogP contribution in [0.15, 0.2) is 48.5 Å². The van der Waals surface area contributed by atoms with E-state index in [1.165, 1.54) is 5.56 Å². The first-order valence-corrected chi connectivity index (χ1v) is 8.51. The first-order valence-electron chi connectivity index (χ1n) is 8.51. The van der Waals surface area contributed by atoms with Gasteiger partial charge in [0.2, 0.25) is 5.91 Å². The Bertz CT molecular complexity index is 786. The van der Waals surface area contributed by atoms with Crippen molar-refractivity contribution in [3.05, 3.63) is 65.2 Å². The van der Waals surface area contributed by atoms with Gasteiger partial charge in [-0.05, 0) is 55.0 Å². The van der Waals surface area contributed by atoms with Crippen molar-refractivity contribution in [3.8, 4) is 0 Å². The quantitative estimate of drug-likeness (QED) is 0.801. The van der Waals surface area contributed by atoms with E-state index < -0.39 is 11.4 Å². The van der Waals surface area contributed by atoms with E-state index in [1.54, 1.807) is 12.1 Å². The lowest BCUT2D eigenvalue weighted by Gasteiger charge is -2.34. The van der Waals surface area contributed by atoms with Gasteiger partial charge in [-0.15, -0.1) is 0 Å². The molecule has 1 aliphatic rings. The molecule has 0 spiro atoms. The number of nitrogens with one attached hydrogen (secondary N) is 2. The highest BCUT2D eigenvalue weighted by Gasteiger charge is 2.38. The third kappa shape index (κ3) is 3.65. The Morgan fingerprint density at radius 1 is 1.12 bits per heavy atom. The number of urea groups is 1. The molecule has 0 aromatic heterocycles. The number of benzene rings is 2. The van der Waals surface area contributed by atoms with Crippen molar-refractivity contribution >= 4 is 17.6 Å². The minimum Gasteiger partial charge on any atom is -0.351 e. The molecule has 0 heterocycles. The number of fused-ring (bicyclic) bond motifs is 1. The molecule has 0 unspecified atom stereocenters. The lowest BCUT2D eigenvalue weighted by atomic mass is 9.70. The highest BCUT2D eigenvalue weighted by Crippen LogP contribution is 2.37. The molecule has 2 aromatic carbocycles. The molecule has 0 bridgehead atoms. The Morgan fingerprint density at radius 2 is 1.84 bits per heavy atom. The Kier molecular flexibility index (Phi) is 4.74. The maximum absolute atomic E-state index is 12.9. The zero-order valence-electron chi connectivity index (χ0n) is 14.3. The number of anilines is 1. The van der Waals surface area contributed by atoms with Crippen LogP contribution in [0.4, 0.5) is 10.5 Å². The lowest BCUT2D eigenvalue weighted by Crippen LogP contribution is -2.44. The Hall–Kier alpha value is -2.82. The van der Waals surface area contributed by atoms with E-state index in [9.17, 15) is 9.59 Å². The van der Waals surface area contributed by atoms with E-state index in [2.05, 4.69) is 22.8 Å². The van der Waals surface area contributed by atoms with Gasteiger partial charge in [-0.3, -0.25) is 4.79 Å². The van der Waals surface area contributed by atoms with Gasteiger partial charge in [-0.1, -0.05) is 36.4 Å². The summed E-state index contributed by atoms with van der Waals surface area (Å²) in [7, 11) is 0. The fraction of sp³-hybridized carbons (Fsp3) is 0.300. The lowest BCUT2D eigenvalue weighted by molar-refractivity contribution is -0.126. The van der Waals surface area contributed by atoms with Crippen LogP contribution in [0.2, 0.25) is 0 Å². The van der Waals surface area contributed by atoms with Gasteiger partial charge in [0, 0.05) is 12.2 Å². The summed E-state index contributed by atoms with van der Waals surface area (Å²) < 4.78 is 0. The molecule has 0 saturated heterocycles. The summed E-state index contributed by atoms with van der Waals surface area (Å²) in [6.07, 6.45) is 2.92. The van der Waals surface area contributed by atoms with Crippen molar-refractivity contribution in [1.82, 2.24) is 5.32 Å². The summed E-state index contributed by atoms with van der Waals surface area (Å²) in [6.45, 7) is 2.48.